The van der Waals surface area contributed by atoms with Gasteiger partial charge in [0.05, 0.1) is 54.5 Å². The Morgan fingerprint density at radius 3 is 2.27 bits per heavy atom. The summed E-state index contributed by atoms with van der Waals surface area (Å²) in [7, 11) is 0. The predicted molar refractivity (Wildman–Crippen MR) is 163 cm³/mol. The van der Waals surface area contributed by atoms with E-state index in [2.05, 4.69) is 9.97 Å². The highest BCUT2D eigenvalue weighted by atomic mass is 32.2. The molecule has 45 heavy (non-hydrogen) atoms. The number of hydrogen-bond acceptors (Lipinski definition) is 9. The van der Waals surface area contributed by atoms with E-state index in [1.807, 2.05) is 6.07 Å². The van der Waals surface area contributed by atoms with Gasteiger partial charge in [-0.3, -0.25) is 14.6 Å². The van der Waals surface area contributed by atoms with Crippen LogP contribution in [-0.4, -0.2) is 61.2 Å². The molecular weight excluding hydrogens is 602 g/mol. The average molecular weight is 631 g/mol. The second-order valence-electron chi connectivity index (χ2n) is 10.1. The summed E-state index contributed by atoms with van der Waals surface area (Å²) in [5.41, 5.74) is 1.71. The van der Waals surface area contributed by atoms with E-state index in [9.17, 15) is 14.0 Å². The normalized spacial score (nSPS) is 15.9. The summed E-state index contributed by atoms with van der Waals surface area (Å²) in [5.74, 6) is -1.04. The Morgan fingerprint density at radius 1 is 0.822 bits per heavy atom. The fourth-order valence-electron chi connectivity index (χ4n) is 4.94. The highest BCUT2D eigenvalue weighted by Crippen LogP contribution is 2.39. The summed E-state index contributed by atoms with van der Waals surface area (Å²) in [6, 6.07) is 14.0. The number of nitrogens with zero attached hydrogens (tertiary/aromatic N) is 2. The zero-order chi connectivity index (χ0) is 31.2. The van der Waals surface area contributed by atoms with Gasteiger partial charge in [-0.05, 0) is 48.4 Å². The van der Waals surface area contributed by atoms with Crippen LogP contribution in [0.4, 0.5) is 8.78 Å². The molecule has 0 amide bonds. The SMILES string of the molecule is O=C(Cc1ccc(Sc2ccnc3cc4c(cc23)OCCOCCOCCO4)c(F)n1)C1=CCC=C(c2ccc(F)cc2)C1=O. The lowest BCUT2D eigenvalue weighted by Crippen LogP contribution is -2.19. The van der Waals surface area contributed by atoms with E-state index in [0.717, 1.165) is 10.3 Å². The molecule has 1 aliphatic carbocycles. The lowest BCUT2D eigenvalue weighted by atomic mass is 9.88. The molecule has 0 radical (unpaired) electrons. The Morgan fingerprint density at radius 2 is 1.53 bits per heavy atom. The molecule has 1 aliphatic heterocycles. The van der Waals surface area contributed by atoms with E-state index < -0.39 is 23.3 Å². The first-order valence-corrected chi connectivity index (χ1v) is 15.2. The zero-order valence-corrected chi connectivity index (χ0v) is 24.9. The number of carbonyl (C=O) groups excluding carboxylic acids is 2. The molecule has 0 unspecified atom stereocenters. The molecule has 0 fully saturated rings. The van der Waals surface area contributed by atoms with Crippen molar-refractivity contribution in [1.29, 1.82) is 0 Å². The smallest absolute Gasteiger partial charge is 0.227 e. The van der Waals surface area contributed by atoms with E-state index in [-0.39, 0.29) is 22.6 Å². The third-order valence-corrected chi connectivity index (χ3v) is 8.23. The number of hydrogen-bond donors (Lipinski definition) is 0. The van der Waals surface area contributed by atoms with Crippen LogP contribution in [0.1, 0.15) is 17.7 Å². The van der Waals surface area contributed by atoms with E-state index in [4.69, 9.17) is 18.9 Å². The minimum Gasteiger partial charge on any atom is -0.487 e. The molecule has 230 valence electrons. The Labute approximate surface area is 262 Å². The number of Topliss-reactive ketones (excluding diaryl/α,β-unsaturated/α-hetero) is 2. The average Bonchev–Trinajstić information content (AvgIpc) is 3.03. The van der Waals surface area contributed by atoms with Gasteiger partial charge >= 0.3 is 0 Å². The maximum Gasteiger partial charge on any atom is 0.227 e. The summed E-state index contributed by atoms with van der Waals surface area (Å²) in [6.07, 6.45) is 5.01. The highest BCUT2D eigenvalue weighted by Gasteiger charge is 2.25. The van der Waals surface area contributed by atoms with Crippen molar-refractivity contribution in [3.05, 3.63) is 102 Å². The molecule has 8 nitrogen and oxygen atoms in total. The second kappa shape index (κ2) is 14.1. The van der Waals surface area contributed by atoms with E-state index in [1.165, 1.54) is 36.0 Å². The minimum atomic E-state index is -0.742. The number of ketones is 2. The van der Waals surface area contributed by atoms with Crippen molar-refractivity contribution in [3.63, 3.8) is 0 Å². The molecule has 2 aromatic carbocycles. The molecule has 0 atom stereocenters. The van der Waals surface area contributed by atoms with Crippen LogP contribution in [0.3, 0.4) is 0 Å². The number of pyridine rings is 2. The van der Waals surface area contributed by atoms with Crippen LogP contribution >= 0.6 is 11.8 Å². The first-order chi connectivity index (χ1) is 22.0. The maximum absolute atomic E-state index is 15.3. The monoisotopic (exact) mass is 630 g/mol. The van der Waals surface area contributed by atoms with Gasteiger partial charge in [-0.2, -0.15) is 4.39 Å². The van der Waals surface area contributed by atoms with Crippen molar-refractivity contribution in [1.82, 2.24) is 9.97 Å². The highest BCUT2D eigenvalue weighted by molar-refractivity contribution is 7.99. The minimum absolute atomic E-state index is 0.0124. The van der Waals surface area contributed by atoms with Gasteiger partial charge in [0.2, 0.25) is 5.95 Å². The molecule has 0 N–H and O–H groups in total. The van der Waals surface area contributed by atoms with Crippen molar-refractivity contribution >= 4 is 39.8 Å². The predicted octanol–water partition coefficient (Wildman–Crippen LogP) is 5.96. The number of allylic oxidation sites excluding steroid dienone is 4. The first-order valence-electron chi connectivity index (χ1n) is 14.4. The maximum atomic E-state index is 15.3. The zero-order valence-electron chi connectivity index (χ0n) is 24.1. The molecule has 0 spiro atoms. The van der Waals surface area contributed by atoms with Crippen molar-refractivity contribution in [2.24, 2.45) is 0 Å². The number of rotatable bonds is 6. The number of aromatic nitrogens is 2. The van der Waals surface area contributed by atoms with Gasteiger partial charge in [0.1, 0.15) is 19.0 Å². The molecule has 0 saturated carbocycles. The molecule has 6 rings (SSSR count). The number of benzene rings is 2. The van der Waals surface area contributed by atoms with E-state index >= 15 is 4.39 Å². The van der Waals surface area contributed by atoms with Crippen LogP contribution in [0.2, 0.25) is 0 Å². The quantitative estimate of drug-likeness (QED) is 0.189. The Kier molecular flexibility index (Phi) is 9.58. The van der Waals surface area contributed by atoms with Gasteiger partial charge < -0.3 is 18.9 Å². The van der Waals surface area contributed by atoms with Gasteiger partial charge in [0.25, 0.3) is 0 Å². The van der Waals surface area contributed by atoms with Crippen molar-refractivity contribution in [2.75, 3.05) is 39.6 Å². The van der Waals surface area contributed by atoms with Gasteiger partial charge in [0, 0.05) is 28.1 Å². The molecule has 2 aromatic heterocycles. The first kappa shape index (κ1) is 30.6. The van der Waals surface area contributed by atoms with Crippen LogP contribution < -0.4 is 9.47 Å². The largest absolute Gasteiger partial charge is 0.487 e. The number of halogens is 2. The Balaban J connectivity index is 1.17. The standard InChI is InChI=1S/C34H28F2N2O6S/c35-22-6-4-21(5-7-22)24-2-1-3-25(33(24)40)28(39)18-23-8-9-32(34(36)38-23)45-31-10-11-37-27-20-30-29(19-26(27)31)43-16-14-41-12-13-42-15-17-44-30/h2-11,19-20H,1,12-18H2. The second-order valence-corrected chi connectivity index (χ2v) is 11.2. The van der Waals surface area contributed by atoms with Crippen molar-refractivity contribution < 1.29 is 37.3 Å². The van der Waals surface area contributed by atoms with Gasteiger partial charge in [0.15, 0.2) is 23.1 Å². The molecule has 11 heteroatoms. The fourth-order valence-corrected chi connectivity index (χ4v) is 5.85. The summed E-state index contributed by atoms with van der Waals surface area (Å²) >= 11 is 1.17. The molecule has 3 heterocycles. The summed E-state index contributed by atoms with van der Waals surface area (Å²) in [4.78, 5) is 35.6. The van der Waals surface area contributed by atoms with Crippen LogP contribution in [0.15, 0.2) is 88.3 Å². The van der Waals surface area contributed by atoms with Crippen LogP contribution in [0.25, 0.3) is 16.5 Å². The summed E-state index contributed by atoms with van der Waals surface area (Å²) in [5, 5.41) is 0.737. The van der Waals surface area contributed by atoms with Crippen LogP contribution in [0, 0.1) is 11.8 Å². The summed E-state index contributed by atoms with van der Waals surface area (Å²) in [6.45, 7) is 2.39. The van der Waals surface area contributed by atoms with E-state index in [0.29, 0.717) is 74.2 Å². The Bertz CT molecular complexity index is 1810. The van der Waals surface area contributed by atoms with Gasteiger partial charge in [-0.15, -0.1) is 0 Å². The number of ether oxygens (including phenoxy) is 4. The fraction of sp³-hybridized carbons (Fsp3) is 0.235. The number of carbonyl (C=O) groups is 2. The third kappa shape index (κ3) is 7.28. The van der Waals surface area contributed by atoms with Crippen LogP contribution in [0.5, 0.6) is 11.5 Å². The molecule has 4 aromatic rings. The van der Waals surface area contributed by atoms with Gasteiger partial charge in [-0.1, -0.05) is 36.0 Å². The van der Waals surface area contributed by atoms with Crippen molar-refractivity contribution in [3.8, 4) is 11.5 Å². The van der Waals surface area contributed by atoms with Crippen LogP contribution in [-0.2, 0) is 25.5 Å². The molecule has 0 bridgehead atoms. The third-order valence-electron chi connectivity index (χ3n) is 7.13. The van der Waals surface area contributed by atoms with Crippen molar-refractivity contribution in [2.45, 2.75) is 22.6 Å². The lowest BCUT2D eigenvalue weighted by molar-refractivity contribution is -0.118. The molecule has 0 saturated heterocycles. The lowest BCUT2D eigenvalue weighted by Gasteiger charge is -2.16. The van der Waals surface area contributed by atoms with E-state index in [1.54, 1.807) is 42.6 Å². The summed E-state index contributed by atoms with van der Waals surface area (Å²) < 4.78 is 51.5. The topological polar surface area (TPSA) is 96.8 Å². The number of fused-ring (bicyclic) bond motifs is 2. The Hall–Kier alpha value is -4.45. The molecular formula is C34H28F2N2O6S. The molecule has 2 aliphatic rings. The van der Waals surface area contributed by atoms with Gasteiger partial charge in [-0.25, -0.2) is 9.37 Å².